The molecule has 0 aliphatic carbocycles. The number of nitrogen functional groups attached to an aromatic ring is 1. The van der Waals surface area contributed by atoms with Crippen LogP contribution in [-0.4, -0.2) is 32.2 Å². The Hall–Kier alpha value is -1.67. The summed E-state index contributed by atoms with van der Waals surface area (Å²) in [6, 6.07) is 0. The Kier molecular flexibility index (Phi) is 3.81. The second kappa shape index (κ2) is 5.61. The van der Waals surface area contributed by atoms with Crippen LogP contribution in [0.3, 0.4) is 0 Å². The third kappa shape index (κ3) is 2.73. The van der Waals surface area contributed by atoms with Crippen LogP contribution in [0, 0.1) is 5.92 Å². The zero-order valence-electron chi connectivity index (χ0n) is 11.4. The maximum Gasteiger partial charge on any atom is 0.610 e. The number of fused-ring (bicyclic) bond motifs is 1. The van der Waals surface area contributed by atoms with Crippen LogP contribution in [0.25, 0.3) is 11.2 Å². The van der Waals surface area contributed by atoms with Gasteiger partial charge in [0, 0.05) is 0 Å². The number of hydrogen-bond acceptors (Lipinski definition) is 7. The fraction of sp³-hybridized carbons (Fsp3) is 0.545. The smallest absolute Gasteiger partial charge is 0.382 e. The van der Waals surface area contributed by atoms with Crippen LogP contribution in [-0.2, 0) is 13.8 Å². The molecule has 4 atom stereocenters. The van der Waals surface area contributed by atoms with Crippen molar-refractivity contribution in [3.63, 3.8) is 0 Å². The van der Waals surface area contributed by atoms with Crippen LogP contribution in [0.15, 0.2) is 12.7 Å². The van der Waals surface area contributed by atoms with E-state index in [-0.39, 0.29) is 24.9 Å². The number of nitrogens with zero attached hydrogens (tertiary/aromatic N) is 4. The summed E-state index contributed by atoms with van der Waals surface area (Å²) in [6.45, 7) is 2.24. The van der Waals surface area contributed by atoms with Crippen LogP contribution < -0.4 is 11.2 Å². The molecule has 0 radical (unpaired) electrons. The predicted octanol–water partition coefficient (Wildman–Crippen LogP) is 0.965. The molecule has 1 unspecified atom stereocenters. The van der Waals surface area contributed by atoms with E-state index in [1.54, 1.807) is 6.33 Å². The molecule has 4 N–H and O–H groups in total. The fourth-order valence-corrected chi connectivity index (χ4v) is 2.77. The first kappa shape index (κ1) is 14.3. The Bertz CT molecular complexity index is 677. The lowest BCUT2D eigenvalue weighted by atomic mass is 10.0. The van der Waals surface area contributed by atoms with E-state index >= 15 is 0 Å². The van der Waals surface area contributed by atoms with Gasteiger partial charge in [-0.05, 0) is 16.9 Å². The lowest BCUT2D eigenvalue weighted by Gasteiger charge is -2.13. The van der Waals surface area contributed by atoms with Gasteiger partial charge in [0.15, 0.2) is 11.5 Å². The second-order valence-corrected chi connectivity index (χ2v) is 5.84. The minimum absolute atomic E-state index is 0.172. The summed E-state index contributed by atoms with van der Waals surface area (Å²) in [5.74, 6) is 0.575. The molecule has 10 heteroatoms. The van der Waals surface area contributed by atoms with Gasteiger partial charge in [0.05, 0.1) is 12.4 Å². The molecule has 1 saturated heterocycles. The maximum absolute atomic E-state index is 10.8. The van der Waals surface area contributed by atoms with Crippen molar-refractivity contribution in [1.82, 2.24) is 19.5 Å². The largest absolute Gasteiger partial charge is 0.610 e. The molecular weight excluding hydrogens is 295 g/mol. The SMILES string of the molecule is C[C@H]1C[C@H](n2cnc3c(N)ncnc32)O[C@@H]1CO[P+](N)=O. The van der Waals surface area contributed by atoms with Crippen LogP contribution in [0.4, 0.5) is 5.82 Å². The van der Waals surface area contributed by atoms with Gasteiger partial charge in [-0.1, -0.05) is 12.4 Å². The van der Waals surface area contributed by atoms with Crippen molar-refractivity contribution in [3.05, 3.63) is 12.7 Å². The van der Waals surface area contributed by atoms with Crippen LogP contribution in [0.2, 0.25) is 0 Å². The number of nitrogens with two attached hydrogens (primary N) is 2. The molecule has 1 aliphatic rings. The predicted molar refractivity (Wildman–Crippen MR) is 75.2 cm³/mol. The summed E-state index contributed by atoms with van der Waals surface area (Å²) < 4.78 is 23.5. The highest BCUT2D eigenvalue weighted by atomic mass is 31.1. The minimum Gasteiger partial charge on any atom is -0.382 e. The van der Waals surface area contributed by atoms with Crippen LogP contribution in [0.1, 0.15) is 19.6 Å². The summed E-state index contributed by atoms with van der Waals surface area (Å²) in [7, 11) is -2.11. The zero-order valence-corrected chi connectivity index (χ0v) is 12.3. The highest BCUT2D eigenvalue weighted by Crippen LogP contribution is 2.35. The van der Waals surface area contributed by atoms with Crippen molar-refractivity contribution in [2.75, 3.05) is 12.3 Å². The van der Waals surface area contributed by atoms with Gasteiger partial charge < -0.3 is 10.5 Å². The normalized spacial score (nSPS) is 26.4. The van der Waals surface area contributed by atoms with Gasteiger partial charge in [0.2, 0.25) is 0 Å². The monoisotopic (exact) mass is 311 g/mol. The topological polar surface area (TPSA) is 131 Å². The molecular formula is C11H16N6O3P+. The van der Waals surface area contributed by atoms with Crippen LogP contribution in [0.5, 0.6) is 0 Å². The molecule has 0 saturated carbocycles. The molecule has 0 aromatic carbocycles. The third-order valence-corrected chi connectivity index (χ3v) is 4.01. The molecule has 0 bridgehead atoms. The first-order valence-corrected chi connectivity index (χ1v) is 7.74. The van der Waals surface area contributed by atoms with E-state index in [1.165, 1.54) is 6.33 Å². The van der Waals surface area contributed by atoms with Crippen molar-refractivity contribution < 1.29 is 13.8 Å². The van der Waals surface area contributed by atoms with Gasteiger partial charge in [0.1, 0.15) is 24.7 Å². The van der Waals surface area contributed by atoms with Crippen molar-refractivity contribution in [3.8, 4) is 0 Å². The Morgan fingerprint density at radius 1 is 1.52 bits per heavy atom. The van der Waals surface area contributed by atoms with Gasteiger partial charge in [-0.25, -0.2) is 15.0 Å². The summed E-state index contributed by atoms with van der Waals surface area (Å²) in [5, 5.41) is 0. The zero-order chi connectivity index (χ0) is 15.0. The molecule has 1 aliphatic heterocycles. The Morgan fingerprint density at radius 2 is 2.33 bits per heavy atom. The Morgan fingerprint density at radius 3 is 3.10 bits per heavy atom. The molecule has 0 spiro atoms. The molecule has 2 aromatic rings. The van der Waals surface area contributed by atoms with E-state index in [4.69, 9.17) is 20.5 Å². The molecule has 112 valence electrons. The number of aromatic nitrogens is 4. The van der Waals surface area contributed by atoms with Crippen LogP contribution >= 0.6 is 8.18 Å². The van der Waals surface area contributed by atoms with E-state index in [9.17, 15) is 4.57 Å². The number of rotatable bonds is 4. The van der Waals surface area contributed by atoms with Gasteiger partial charge in [-0.3, -0.25) is 4.57 Å². The first-order chi connectivity index (χ1) is 10.1. The summed E-state index contributed by atoms with van der Waals surface area (Å²) >= 11 is 0. The standard InChI is InChI=1S/C11H16N6O3P/c1-6-2-8(20-7(6)3-19-21(13)18)17-5-16-9-10(12)14-4-15-11(9)17/h4-8H,2-3H2,1H3,(H2,13,18)(H2,12,14,15)/q+1/t6-,7+,8+/m0/s1. The molecule has 1 fully saturated rings. The van der Waals surface area contributed by atoms with E-state index in [0.29, 0.717) is 17.0 Å². The number of ether oxygens (including phenoxy) is 1. The highest BCUT2D eigenvalue weighted by molar-refractivity contribution is 7.36. The summed E-state index contributed by atoms with van der Waals surface area (Å²) in [5.41, 5.74) is 12.1. The number of hydrogen-bond donors (Lipinski definition) is 2. The van der Waals surface area contributed by atoms with Crippen molar-refractivity contribution in [2.24, 2.45) is 11.4 Å². The van der Waals surface area contributed by atoms with Crippen molar-refractivity contribution >= 4 is 25.2 Å². The number of anilines is 1. The van der Waals surface area contributed by atoms with Crippen molar-refractivity contribution in [1.29, 1.82) is 0 Å². The second-order valence-electron chi connectivity index (χ2n) is 5.01. The minimum atomic E-state index is -2.11. The van der Waals surface area contributed by atoms with Gasteiger partial charge in [0.25, 0.3) is 0 Å². The average Bonchev–Trinajstić information content (AvgIpc) is 3.01. The third-order valence-electron chi connectivity index (χ3n) is 3.60. The molecule has 9 nitrogen and oxygen atoms in total. The van der Waals surface area contributed by atoms with Gasteiger partial charge in [-0.2, -0.15) is 0 Å². The quantitative estimate of drug-likeness (QED) is 0.798. The summed E-state index contributed by atoms with van der Waals surface area (Å²) in [6.07, 6.45) is 3.41. The average molecular weight is 311 g/mol. The van der Waals surface area contributed by atoms with E-state index in [1.807, 2.05) is 11.5 Å². The molecule has 3 heterocycles. The highest BCUT2D eigenvalue weighted by Gasteiger charge is 2.36. The van der Waals surface area contributed by atoms with E-state index in [0.717, 1.165) is 6.42 Å². The number of imidazole rings is 1. The lowest BCUT2D eigenvalue weighted by molar-refractivity contribution is -0.0214. The first-order valence-electron chi connectivity index (χ1n) is 6.49. The van der Waals surface area contributed by atoms with E-state index < -0.39 is 8.18 Å². The van der Waals surface area contributed by atoms with Crippen molar-refractivity contribution in [2.45, 2.75) is 25.7 Å². The Labute approximate surface area is 121 Å². The molecule has 2 aromatic heterocycles. The van der Waals surface area contributed by atoms with E-state index in [2.05, 4.69) is 15.0 Å². The molecule has 0 amide bonds. The fourth-order valence-electron chi connectivity index (χ4n) is 2.47. The van der Waals surface area contributed by atoms with Gasteiger partial charge >= 0.3 is 8.18 Å². The van der Waals surface area contributed by atoms with Gasteiger partial charge in [-0.15, -0.1) is 4.52 Å². The maximum atomic E-state index is 10.8. The molecule has 3 rings (SSSR count). The summed E-state index contributed by atoms with van der Waals surface area (Å²) in [4.78, 5) is 12.3. The lowest BCUT2D eigenvalue weighted by Crippen LogP contribution is -2.20. The molecule has 21 heavy (non-hydrogen) atoms. The Balaban J connectivity index is 1.81.